The summed E-state index contributed by atoms with van der Waals surface area (Å²) in [7, 11) is 0. The van der Waals surface area contributed by atoms with Crippen molar-refractivity contribution >= 4 is 17.6 Å². The smallest absolute Gasteiger partial charge is 0.141 e. The zero-order chi connectivity index (χ0) is 14.5. The Bertz CT molecular complexity index is 567. The van der Waals surface area contributed by atoms with E-state index in [0.29, 0.717) is 11.7 Å². The first-order chi connectivity index (χ1) is 9.58. The van der Waals surface area contributed by atoms with Crippen LogP contribution in [0.5, 0.6) is 0 Å². The molecule has 0 bridgehead atoms. The fraction of sp³-hybridized carbons (Fsp3) is 0.375. The zero-order valence-electron chi connectivity index (χ0n) is 12.3. The summed E-state index contributed by atoms with van der Waals surface area (Å²) in [6, 6.07) is 10.1. The highest BCUT2D eigenvalue weighted by Crippen LogP contribution is 2.25. The molecule has 0 atom stereocenters. The lowest BCUT2D eigenvalue weighted by atomic mass is 10.1. The minimum atomic E-state index is 0.582. The third kappa shape index (κ3) is 3.73. The molecule has 0 aliphatic heterocycles. The number of thioether (sulfide) groups is 1. The lowest BCUT2D eigenvalue weighted by Gasteiger charge is -2.10. The van der Waals surface area contributed by atoms with Crippen LogP contribution in [0.15, 0.2) is 30.3 Å². The number of nitrogen functional groups attached to an aromatic ring is 1. The lowest BCUT2D eigenvalue weighted by molar-refractivity contribution is 0.750. The number of nitrogens with zero attached hydrogens (tertiary/aromatic N) is 2. The third-order valence-electron chi connectivity index (χ3n) is 2.96. The molecule has 2 N–H and O–H groups in total. The fourth-order valence-electron chi connectivity index (χ4n) is 1.91. The van der Waals surface area contributed by atoms with E-state index in [1.165, 1.54) is 0 Å². The molecule has 0 spiro atoms. The maximum Gasteiger partial charge on any atom is 0.141 e. The lowest BCUT2D eigenvalue weighted by Crippen LogP contribution is -2.05. The molecule has 2 aromatic rings. The van der Waals surface area contributed by atoms with Crippen molar-refractivity contribution in [2.45, 2.75) is 26.5 Å². The summed E-state index contributed by atoms with van der Waals surface area (Å²) in [4.78, 5) is 9.09. The minimum Gasteiger partial charge on any atom is -0.383 e. The van der Waals surface area contributed by atoms with E-state index < -0.39 is 0 Å². The topological polar surface area (TPSA) is 51.8 Å². The maximum atomic E-state index is 6.03. The van der Waals surface area contributed by atoms with Gasteiger partial charge in [0.15, 0.2) is 0 Å². The molecule has 3 nitrogen and oxygen atoms in total. The van der Waals surface area contributed by atoms with E-state index in [4.69, 9.17) is 5.73 Å². The Kier molecular flexibility index (Phi) is 5.01. The second-order valence-corrected chi connectivity index (χ2v) is 6.30. The number of benzene rings is 1. The molecule has 0 unspecified atom stereocenters. The Morgan fingerprint density at radius 3 is 2.50 bits per heavy atom. The van der Waals surface area contributed by atoms with Crippen LogP contribution in [-0.2, 0) is 5.75 Å². The van der Waals surface area contributed by atoms with Crippen LogP contribution in [0.4, 0.5) is 5.82 Å². The molecule has 20 heavy (non-hydrogen) atoms. The molecule has 0 saturated carbocycles. The molecule has 0 fully saturated rings. The van der Waals surface area contributed by atoms with E-state index in [1.807, 2.05) is 36.9 Å². The van der Waals surface area contributed by atoms with E-state index >= 15 is 0 Å². The number of hydrogen-bond acceptors (Lipinski definition) is 4. The molecule has 0 radical (unpaired) electrons. The molecule has 2 rings (SSSR count). The Morgan fingerprint density at radius 2 is 1.85 bits per heavy atom. The Balaban J connectivity index is 2.26. The molecule has 1 aromatic heterocycles. The van der Waals surface area contributed by atoms with Gasteiger partial charge in [-0.05, 0) is 18.6 Å². The van der Waals surface area contributed by atoms with Crippen LogP contribution in [0.1, 0.15) is 25.2 Å². The van der Waals surface area contributed by atoms with E-state index in [0.717, 1.165) is 34.2 Å². The SMILES string of the molecule is Cc1c(N)nc(CSCC(C)C)nc1-c1ccccc1. The van der Waals surface area contributed by atoms with Gasteiger partial charge in [-0.1, -0.05) is 44.2 Å². The standard InChI is InChI=1S/C16H21N3S/c1-11(2)9-20-10-14-18-15(12(3)16(17)19-14)13-7-5-4-6-8-13/h4-8,11H,9-10H2,1-3H3,(H2,17,18,19). The maximum absolute atomic E-state index is 6.03. The zero-order valence-corrected chi connectivity index (χ0v) is 13.1. The molecule has 1 aromatic carbocycles. The van der Waals surface area contributed by atoms with Gasteiger partial charge in [-0.2, -0.15) is 11.8 Å². The van der Waals surface area contributed by atoms with E-state index in [-0.39, 0.29) is 0 Å². The number of aromatic nitrogens is 2. The average molecular weight is 287 g/mol. The molecule has 0 saturated heterocycles. The van der Waals surface area contributed by atoms with Gasteiger partial charge in [-0.15, -0.1) is 0 Å². The van der Waals surface area contributed by atoms with Crippen molar-refractivity contribution in [3.63, 3.8) is 0 Å². The minimum absolute atomic E-state index is 0.582. The van der Waals surface area contributed by atoms with Crippen molar-refractivity contribution in [2.24, 2.45) is 5.92 Å². The summed E-state index contributed by atoms with van der Waals surface area (Å²) >= 11 is 1.85. The van der Waals surface area contributed by atoms with Gasteiger partial charge in [0.1, 0.15) is 11.6 Å². The monoisotopic (exact) mass is 287 g/mol. The van der Waals surface area contributed by atoms with Crippen LogP contribution >= 0.6 is 11.8 Å². The third-order valence-corrected chi connectivity index (χ3v) is 4.32. The van der Waals surface area contributed by atoms with Gasteiger partial charge in [0.05, 0.1) is 11.4 Å². The van der Waals surface area contributed by atoms with Crippen molar-refractivity contribution in [3.05, 3.63) is 41.7 Å². The summed E-state index contributed by atoms with van der Waals surface area (Å²) in [6.07, 6.45) is 0. The van der Waals surface area contributed by atoms with Gasteiger partial charge >= 0.3 is 0 Å². The molecular weight excluding hydrogens is 266 g/mol. The highest BCUT2D eigenvalue weighted by atomic mass is 32.2. The highest BCUT2D eigenvalue weighted by molar-refractivity contribution is 7.98. The second kappa shape index (κ2) is 6.75. The van der Waals surface area contributed by atoms with Crippen LogP contribution in [0.3, 0.4) is 0 Å². The van der Waals surface area contributed by atoms with Crippen LogP contribution in [0.2, 0.25) is 0 Å². The summed E-state index contributed by atoms with van der Waals surface area (Å²) in [5.41, 5.74) is 9.02. The molecule has 0 amide bonds. The summed E-state index contributed by atoms with van der Waals surface area (Å²) in [5.74, 6) is 3.99. The van der Waals surface area contributed by atoms with Crippen LogP contribution < -0.4 is 5.73 Å². The summed E-state index contributed by atoms with van der Waals surface area (Å²) in [5, 5.41) is 0. The second-order valence-electron chi connectivity index (χ2n) is 5.27. The van der Waals surface area contributed by atoms with Crippen LogP contribution in [-0.4, -0.2) is 15.7 Å². The summed E-state index contributed by atoms with van der Waals surface area (Å²) < 4.78 is 0. The molecular formula is C16H21N3S. The predicted molar refractivity (Wildman–Crippen MR) is 87.6 cm³/mol. The molecule has 1 heterocycles. The normalized spacial score (nSPS) is 11.0. The first-order valence-corrected chi connectivity index (χ1v) is 7.99. The Labute approximate surface area is 125 Å². The van der Waals surface area contributed by atoms with E-state index in [1.54, 1.807) is 0 Å². The molecule has 0 aliphatic rings. The number of nitrogens with two attached hydrogens (primary N) is 1. The quantitative estimate of drug-likeness (QED) is 0.905. The van der Waals surface area contributed by atoms with E-state index in [9.17, 15) is 0 Å². The highest BCUT2D eigenvalue weighted by Gasteiger charge is 2.10. The molecule has 0 aliphatic carbocycles. The number of hydrogen-bond donors (Lipinski definition) is 1. The Hall–Kier alpha value is -1.55. The molecule has 4 heteroatoms. The first kappa shape index (κ1) is 14.9. The fourth-order valence-corrected chi connectivity index (χ4v) is 2.81. The largest absolute Gasteiger partial charge is 0.383 e. The van der Waals surface area contributed by atoms with Gasteiger partial charge in [0.25, 0.3) is 0 Å². The van der Waals surface area contributed by atoms with Gasteiger partial charge in [0.2, 0.25) is 0 Å². The van der Waals surface area contributed by atoms with Crippen molar-refractivity contribution in [1.82, 2.24) is 9.97 Å². The van der Waals surface area contributed by atoms with Crippen molar-refractivity contribution in [1.29, 1.82) is 0 Å². The van der Waals surface area contributed by atoms with Gasteiger partial charge in [-0.3, -0.25) is 0 Å². The van der Waals surface area contributed by atoms with Crippen molar-refractivity contribution in [3.8, 4) is 11.3 Å². The van der Waals surface area contributed by atoms with Crippen LogP contribution in [0, 0.1) is 12.8 Å². The molecule has 106 valence electrons. The number of rotatable bonds is 5. The van der Waals surface area contributed by atoms with Crippen molar-refractivity contribution in [2.75, 3.05) is 11.5 Å². The first-order valence-electron chi connectivity index (χ1n) is 6.84. The van der Waals surface area contributed by atoms with Crippen molar-refractivity contribution < 1.29 is 0 Å². The summed E-state index contributed by atoms with van der Waals surface area (Å²) in [6.45, 7) is 6.40. The van der Waals surface area contributed by atoms with Gasteiger partial charge in [-0.25, -0.2) is 9.97 Å². The van der Waals surface area contributed by atoms with Gasteiger partial charge in [0, 0.05) is 11.1 Å². The Morgan fingerprint density at radius 1 is 1.15 bits per heavy atom. The predicted octanol–water partition coefficient (Wildman–Crippen LogP) is 3.92. The average Bonchev–Trinajstić information content (AvgIpc) is 2.43. The van der Waals surface area contributed by atoms with Gasteiger partial charge < -0.3 is 5.73 Å². The number of anilines is 1. The van der Waals surface area contributed by atoms with Crippen LogP contribution in [0.25, 0.3) is 11.3 Å². The van der Waals surface area contributed by atoms with E-state index in [2.05, 4.69) is 35.9 Å².